The molecule has 4 heterocycles. The second kappa shape index (κ2) is 11.2. The Labute approximate surface area is 242 Å². The second-order valence-corrected chi connectivity index (χ2v) is 11.7. The molecule has 3 fully saturated rings. The summed E-state index contributed by atoms with van der Waals surface area (Å²) in [5, 5.41) is 18.9. The van der Waals surface area contributed by atoms with E-state index in [-0.39, 0.29) is 23.8 Å². The van der Waals surface area contributed by atoms with Gasteiger partial charge in [-0.15, -0.1) is 5.10 Å². The van der Waals surface area contributed by atoms with Crippen molar-refractivity contribution < 1.29 is 32.9 Å². The predicted octanol–water partition coefficient (Wildman–Crippen LogP) is 4.21. The van der Waals surface area contributed by atoms with Gasteiger partial charge in [0, 0.05) is 35.7 Å². The summed E-state index contributed by atoms with van der Waals surface area (Å²) in [6, 6.07) is 6.57. The van der Waals surface area contributed by atoms with Gasteiger partial charge in [-0.05, 0) is 36.8 Å². The summed E-state index contributed by atoms with van der Waals surface area (Å²) in [7, 11) is 1.51. The Kier molecular flexibility index (Phi) is 7.77. The van der Waals surface area contributed by atoms with Crippen LogP contribution in [0.1, 0.15) is 22.8 Å². The molecule has 3 aliphatic heterocycles. The molecule has 1 amide bonds. The van der Waals surface area contributed by atoms with Crippen LogP contribution in [-0.4, -0.2) is 87.6 Å². The van der Waals surface area contributed by atoms with Gasteiger partial charge in [-0.2, -0.15) is 0 Å². The molecule has 0 spiro atoms. The Hall–Kier alpha value is -2.32. The summed E-state index contributed by atoms with van der Waals surface area (Å²) in [6.07, 6.45) is -0.535. The molecule has 1 N–H and O–H groups in total. The van der Waals surface area contributed by atoms with E-state index in [0.717, 1.165) is 18.6 Å². The summed E-state index contributed by atoms with van der Waals surface area (Å²) in [4.78, 5) is 15.5. The highest BCUT2D eigenvalue weighted by atomic mass is 35.5. The van der Waals surface area contributed by atoms with Crippen molar-refractivity contribution in [2.24, 2.45) is 0 Å². The first-order valence-electron chi connectivity index (χ1n) is 12.6. The molecule has 0 radical (unpaired) electrons. The van der Waals surface area contributed by atoms with E-state index in [9.17, 15) is 18.7 Å². The third-order valence-corrected chi connectivity index (χ3v) is 9.12. The fraction of sp³-hybridized carbons (Fsp3) is 0.423. The second-order valence-electron chi connectivity index (χ2n) is 9.77. The van der Waals surface area contributed by atoms with Crippen LogP contribution in [0, 0.1) is 11.6 Å². The summed E-state index contributed by atoms with van der Waals surface area (Å²) >= 11 is 13.2. The highest BCUT2D eigenvalue weighted by Crippen LogP contribution is 2.45. The number of aliphatic hydroxyl groups is 1. The van der Waals surface area contributed by atoms with Crippen LogP contribution in [-0.2, 0) is 14.2 Å². The highest BCUT2D eigenvalue weighted by Gasteiger charge is 2.54. The number of rotatable bonds is 6. The monoisotopic (exact) mass is 612 g/mol. The number of aliphatic hydroxyl groups excluding tert-OH is 1. The molecule has 212 valence electrons. The SMILES string of the molecule is COC1C(n2cc(-c3cc(F)c(Cl)c(F)c3)nn2)[C@H]2OCC(O)C2O[C@@H]1Sc1cc(Cl)ccc1C(=O)N1CCC1. The predicted molar refractivity (Wildman–Crippen MR) is 142 cm³/mol. The molecule has 0 aliphatic carbocycles. The molecule has 3 saturated heterocycles. The maximum Gasteiger partial charge on any atom is 0.254 e. The van der Waals surface area contributed by atoms with Gasteiger partial charge in [0.25, 0.3) is 5.91 Å². The highest BCUT2D eigenvalue weighted by molar-refractivity contribution is 8.00. The lowest BCUT2D eigenvalue weighted by Crippen LogP contribution is -2.55. The largest absolute Gasteiger partial charge is 0.388 e. The maximum atomic E-state index is 14.1. The number of halogens is 4. The molecule has 3 aliphatic rings. The Bertz CT molecular complexity index is 1420. The van der Waals surface area contributed by atoms with Gasteiger partial charge in [-0.1, -0.05) is 40.2 Å². The average molecular weight is 613 g/mol. The van der Waals surface area contributed by atoms with Crippen LogP contribution in [0.3, 0.4) is 0 Å². The number of fused-ring (bicyclic) bond motifs is 1. The van der Waals surface area contributed by atoms with E-state index in [1.807, 2.05) is 0 Å². The van der Waals surface area contributed by atoms with Crippen molar-refractivity contribution in [3.05, 3.63) is 63.8 Å². The number of thioether (sulfide) groups is 1. The first-order valence-corrected chi connectivity index (χ1v) is 14.2. The van der Waals surface area contributed by atoms with E-state index in [0.29, 0.717) is 28.6 Å². The normalized spacial score (nSPS) is 27.9. The number of benzene rings is 2. The lowest BCUT2D eigenvalue weighted by molar-refractivity contribution is -0.170. The lowest BCUT2D eigenvalue weighted by atomic mass is 9.96. The van der Waals surface area contributed by atoms with Crippen LogP contribution in [0.2, 0.25) is 10.0 Å². The smallest absolute Gasteiger partial charge is 0.254 e. The Morgan fingerprint density at radius 1 is 1.18 bits per heavy atom. The minimum Gasteiger partial charge on any atom is -0.388 e. The fourth-order valence-electron chi connectivity index (χ4n) is 5.15. The third-order valence-electron chi connectivity index (χ3n) is 7.32. The molecule has 4 unspecified atom stereocenters. The maximum absolute atomic E-state index is 14.1. The van der Waals surface area contributed by atoms with Gasteiger partial charge in [0.05, 0.1) is 18.4 Å². The number of likely N-dealkylation sites (tertiary alicyclic amines) is 1. The van der Waals surface area contributed by atoms with Gasteiger partial charge in [0.15, 0.2) is 0 Å². The average Bonchev–Trinajstić information content (AvgIpc) is 3.52. The van der Waals surface area contributed by atoms with Crippen LogP contribution < -0.4 is 0 Å². The van der Waals surface area contributed by atoms with Crippen LogP contribution in [0.5, 0.6) is 0 Å². The van der Waals surface area contributed by atoms with Crippen molar-refractivity contribution in [2.45, 2.75) is 47.2 Å². The summed E-state index contributed by atoms with van der Waals surface area (Å²) in [6.45, 7) is 1.42. The van der Waals surface area contributed by atoms with E-state index in [1.54, 1.807) is 23.1 Å². The first kappa shape index (κ1) is 27.8. The summed E-state index contributed by atoms with van der Waals surface area (Å²) < 4.78 is 47.9. The van der Waals surface area contributed by atoms with Gasteiger partial charge >= 0.3 is 0 Å². The molecule has 3 aromatic rings. The molecule has 40 heavy (non-hydrogen) atoms. The van der Waals surface area contributed by atoms with E-state index < -0.39 is 52.6 Å². The molecular formula is C26H24Cl2F2N4O5S. The van der Waals surface area contributed by atoms with Crippen molar-refractivity contribution in [1.29, 1.82) is 0 Å². The van der Waals surface area contributed by atoms with Crippen LogP contribution in [0.25, 0.3) is 11.3 Å². The zero-order valence-corrected chi connectivity index (χ0v) is 23.4. The standard InChI is InChI=1S/C26H24Cl2F2N4O5S/c1-37-24-21(34-10-17(31-32-34)12-7-15(29)20(28)16(30)8-12)23-22(18(35)11-38-23)39-26(24)40-19-9-13(27)3-4-14(19)25(36)33-5-2-6-33/h3-4,7-10,18,21-24,26,35H,2,5-6,11H2,1H3/t18?,21?,22?,23-,24?,26-/m1/s1. The number of amides is 1. The molecule has 0 saturated carbocycles. The van der Waals surface area contributed by atoms with Crippen LogP contribution in [0.4, 0.5) is 8.78 Å². The molecule has 0 bridgehead atoms. The van der Waals surface area contributed by atoms with Gasteiger partial charge in [0.1, 0.15) is 58.2 Å². The topological polar surface area (TPSA) is 98.9 Å². The number of carbonyl (C=O) groups is 1. The Morgan fingerprint density at radius 3 is 2.60 bits per heavy atom. The number of carbonyl (C=O) groups excluding carboxylic acids is 1. The van der Waals surface area contributed by atoms with Crippen molar-refractivity contribution in [3.8, 4) is 11.3 Å². The number of ether oxygens (including phenoxy) is 3. The number of nitrogens with zero attached hydrogens (tertiary/aromatic N) is 4. The molecule has 6 rings (SSSR count). The molecule has 6 atom stereocenters. The number of aromatic nitrogens is 3. The molecule has 2 aromatic carbocycles. The van der Waals surface area contributed by atoms with Gasteiger partial charge in [0.2, 0.25) is 0 Å². The number of hydrogen-bond acceptors (Lipinski definition) is 8. The number of methoxy groups -OCH3 is 1. The summed E-state index contributed by atoms with van der Waals surface area (Å²) in [5.41, 5.74) is 0.123. The van der Waals surface area contributed by atoms with Gasteiger partial charge < -0.3 is 24.2 Å². The van der Waals surface area contributed by atoms with Crippen molar-refractivity contribution in [2.75, 3.05) is 26.8 Å². The zero-order valence-electron chi connectivity index (χ0n) is 21.0. The van der Waals surface area contributed by atoms with E-state index in [4.69, 9.17) is 37.4 Å². The fourth-order valence-corrected chi connectivity index (χ4v) is 6.81. The molecular weight excluding hydrogens is 589 g/mol. The zero-order chi connectivity index (χ0) is 28.1. The van der Waals surface area contributed by atoms with E-state index in [1.165, 1.54) is 29.8 Å². The van der Waals surface area contributed by atoms with Gasteiger partial charge in [-0.25, -0.2) is 13.5 Å². The minimum absolute atomic E-state index is 0.0324. The van der Waals surface area contributed by atoms with Crippen molar-refractivity contribution in [1.82, 2.24) is 19.9 Å². The van der Waals surface area contributed by atoms with E-state index in [2.05, 4.69) is 10.3 Å². The van der Waals surface area contributed by atoms with Crippen molar-refractivity contribution >= 4 is 40.9 Å². The Morgan fingerprint density at radius 2 is 1.93 bits per heavy atom. The molecule has 9 nitrogen and oxygen atoms in total. The van der Waals surface area contributed by atoms with Crippen LogP contribution >= 0.6 is 35.0 Å². The number of hydrogen-bond donors (Lipinski definition) is 1. The quantitative estimate of drug-likeness (QED) is 0.413. The van der Waals surface area contributed by atoms with Crippen LogP contribution in [0.15, 0.2) is 41.4 Å². The van der Waals surface area contributed by atoms with Gasteiger partial charge in [-0.3, -0.25) is 4.79 Å². The third kappa shape index (κ3) is 5.00. The van der Waals surface area contributed by atoms with Crippen molar-refractivity contribution in [3.63, 3.8) is 0 Å². The van der Waals surface area contributed by atoms with E-state index >= 15 is 0 Å². The minimum atomic E-state index is -0.920. The Balaban J connectivity index is 1.35. The lowest BCUT2D eigenvalue weighted by Gasteiger charge is -2.43. The molecule has 1 aromatic heterocycles. The summed E-state index contributed by atoms with van der Waals surface area (Å²) in [5.74, 6) is -1.94. The molecule has 14 heteroatoms. The first-order chi connectivity index (χ1) is 19.2.